The smallest absolute Gasteiger partial charge is 0.408 e. The highest BCUT2D eigenvalue weighted by Crippen LogP contribution is 2.15. The fraction of sp³-hybridized carbons (Fsp3) is 0.682. The molecule has 0 aliphatic heterocycles. The molecule has 0 bridgehead atoms. The van der Waals surface area contributed by atoms with E-state index in [4.69, 9.17) is 18.9 Å². The molecule has 166 valence electrons. The quantitative estimate of drug-likeness (QED) is 0.254. The third kappa shape index (κ3) is 13.9. The molecule has 0 aliphatic rings. The van der Waals surface area contributed by atoms with E-state index in [1.54, 1.807) is 0 Å². The maximum Gasteiger partial charge on any atom is 0.408 e. The van der Waals surface area contributed by atoms with Crippen molar-refractivity contribution >= 4 is 28.7 Å². The molecule has 0 fully saturated rings. The maximum atomic E-state index is 12.2. The molecular formula is C22H36INO5. The summed E-state index contributed by atoms with van der Waals surface area (Å²) >= 11 is 2.23. The number of hydrogen-bond donors (Lipinski definition) is 1. The van der Waals surface area contributed by atoms with Crippen molar-refractivity contribution in [2.75, 3.05) is 24.2 Å². The summed E-state index contributed by atoms with van der Waals surface area (Å²) in [5.74, 6) is 0. The van der Waals surface area contributed by atoms with Crippen LogP contribution in [0.1, 0.15) is 47.1 Å². The topological polar surface area (TPSA) is 66.0 Å². The summed E-state index contributed by atoms with van der Waals surface area (Å²) in [5, 5.41) is 2.84. The van der Waals surface area contributed by atoms with Crippen molar-refractivity contribution in [2.45, 2.75) is 66.1 Å². The minimum Gasteiger partial charge on any atom is -0.444 e. The van der Waals surface area contributed by atoms with E-state index in [-0.39, 0.29) is 24.4 Å². The number of ether oxygens (including phenoxy) is 4. The van der Waals surface area contributed by atoms with Crippen LogP contribution in [0.2, 0.25) is 0 Å². The number of alkyl halides is 1. The SMILES string of the molecule is CC(C)(C)COC(CI)OC[C@H](COCc1ccccc1)NC(=O)OC(C)(C)C. The van der Waals surface area contributed by atoms with Crippen LogP contribution in [0.3, 0.4) is 0 Å². The largest absolute Gasteiger partial charge is 0.444 e. The number of alkyl carbamates (subject to hydrolysis) is 1. The van der Waals surface area contributed by atoms with E-state index in [1.807, 2.05) is 51.1 Å². The van der Waals surface area contributed by atoms with Crippen LogP contribution in [0.5, 0.6) is 0 Å². The fourth-order valence-corrected chi connectivity index (χ4v) is 2.71. The molecule has 1 N–H and O–H groups in total. The van der Waals surface area contributed by atoms with Gasteiger partial charge in [-0.1, -0.05) is 73.7 Å². The molecule has 29 heavy (non-hydrogen) atoms. The van der Waals surface area contributed by atoms with E-state index < -0.39 is 11.7 Å². The van der Waals surface area contributed by atoms with Crippen molar-refractivity contribution in [2.24, 2.45) is 5.41 Å². The number of nitrogens with one attached hydrogen (secondary N) is 1. The van der Waals surface area contributed by atoms with E-state index in [2.05, 4.69) is 48.7 Å². The summed E-state index contributed by atoms with van der Waals surface area (Å²) in [7, 11) is 0. The van der Waals surface area contributed by atoms with Gasteiger partial charge in [0.25, 0.3) is 0 Å². The summed E-state index contributed by atoms with van der Waals surface area (Å²) in [6.45, 7) is 13.5. The first-order valence-electron chi connectivity index (χ1n) is 9.89. The van der Waals surface area contributed by atoms with Gasteiger partial charge >= 0.3 is 6.09 Å². The monoisotopic (exact) mass is 521 g/mol. The van der Waals surface area contributed by atoms with Crippen molar-refractivity contribution < 1.29 is 23.7 Å². The lowest BCUT2D eigenvalue weighted by Gasteiger charge is -2.26. The van der Waals surface area contributed by atoms with Gasteiger partial charge in [0.05, 0.1) is 36.9 Å². The second kappa shape index (κ2) is 12.7. The summed E-state index contributed by atoms with van der Waals surface area (Å²) in [4.78, 5) is 12.2. The molecule has 1 aromatic rings. The van der Waals surface area contributed by atoms with E-state index >= 15 is 0 Å². The average molecular weight is 521 g/mol. The predicted molar refractivity (Wildman–Crippen MR) is 123 cm³/mol. The van der Waals surface area contributed by atoms with Crippen LogP contribution in [0.25, 0.3) is 0 Å². The number of halogens is 1. The van der Waals surface area contributed by atoms with Gasteiger partial charge in [-0.3, -0.25) is 0 Å². The van der Waals surface area contributed by atoms with Gasteiger partial charge in [0.15, 0.2) is 6.29 Å². The Balaban J connectivity index is 2.59. The van der Waals surface area contributed by atoms with Gasteiger partial charge in [0.1, 0.15) is 5.60 Å². The highest BCUT2D eigenvalue weighted by atomic mass is 127. The molecule has 1 unspecified atom stereocenters. The third-order valence-corrected chi connectivity index (χ3v) is 4.18. The van der Waals surface area contributed by atoms with Gasteiger partial charge in [0, 0.05) is 0 Å². The summed E-state index contributed by atoms with van der Waals surface area (Å²) in [6.07, 6.45) is -0.831. The van der Waals surface area contributed by atoms with Crippen LogP contribution < -0.4 is 5.32 Å². The Morgan fingerprint density at radius 2 is 1.69 bits per heavy atom. The molecule has 1 aromatic carbocycles. The molecule has 1 rings (SSSR count). The summed E-state index contributed by atoms with van der Waals surface area (Å²) in [5.41, 5.74) is 0.560. The second-order valence-corrected chi connectivity index (χ2v) is 10.0. The van der Waals surface area contributed by atoms with Crippen LogP contribution in [0.4, 0.5) is 4.79 Å². The van der Waals surface area contributed by atoms with Crippen LogP contribution in [0, 0.1) is 5.41 Å². The van der Waals surface area contributed by atoms with Gasteiger partial charge in [-0.2, -0.15) is 0 Å². The van der Waals surface area contributed by atoms with E-state index in [0.29, 0.717) is 24.2 Å². The Bertz CT molecular complexity index is 583. The lowest BCUT2D eigenvalue weighted by molar-refractivity contribution is -0.147. The molecule has 0 saturated heterocycles. The molecule has 2 atom stereocenters. The zero-order valence-corrected chi connectivity index (χ0v) is 20.7. The van der Waals surface area contributed by atoms with Crippen molar-refractivity contribution in [1.82, 2.24) is 5.32 Å². The normalized spacial score (nSPS) is 14.3. The highest BCUT2D eigenvalue weighted by Gasteiger charge is 2.22. The Kier molecular flexibility index (Phi) is 11.5. The number of hydrogen-bond acceptors (Lipinski definition) is 5. The zero-order chi connectivity index (χ0) is 21.9. The van der Waals surface area contributed by atoms with Crippen molar-refractivity contribution in [3.63, 3.8) is 0 Å². The van der Waals surface area contributed by atoms with Crippen LogP contribution in [-0.4, -0.2) is 48.3 Å². The van der Waals surface area contributed by atoms with E-state index in [1.165, 1.54) is 0 Å². The fourth-order valence-electron chi connectivity index (χ4n) is 2.20. The van der Waals surface area contributed by atoms with Crippen LogP contribution >= 0.6 is 22.6 Å². The van der Waals surface area contributed by atoms with Gasteiger partial charge < -0.3 is 24.3 Å². The lowest BCUT2D eigenvalue weighted by atomic mass is 9.99. The lowest BCUT2D eigenvalue weighted by Crippen LogP contribution is -2.45. The minimum absolute atomic E-state index is 0.0559. The van der Waals surface area contributed by atoms with Crippen molar-refractivity contribution in [1.29, 1.82) is 0 Å². The van der Waals surface area contributed by atoms with E-state index in [0.717, 1.165) is 5.56 Å². The number of benzene rings is 1. The Morgan fingerprint density at radius 3 is 2.24 bits per heavy atom. The first-order valence-corrected chi connectivity index (χ1v) is 11.4. The Labute approximate surface area is 189 Å². The molecule has 0 aromatic heterocycles. The minimum atomic E-state index is -0.569. The van der Waals surface area contributed by atoms with Crippen LogP contribution in [0.15, 0.2) is 30.3 Å². The summed E-state index contributed by atoms with van der Waals surface area (Å²) < 4.78 is 23.6. The van der Waals surface area contributed by atoms with Gasteiger partial charge in [-0.05, 0) is 31.7 Å². The number of rotatable bonds is 11. The van der Waals surface area contributed by atoms with Crippen molar-refractivity contribution in [3.05, 3.63) is 35.9 Å². The Morgan fingerprint density at radius 1 is 1.03 bits per heavy atom. The molecule has 7 heteroatoms. The molecule has 0 radical (unpaired) electrons. The average Bonchev–Trinajstić information content (AvgIpc) is 2.60. The van der Waals surface area contributed by atoms with E-state index in [9.17, 15) is 4.79 Å². The Hall–Kier alpha value is -0.900. The number of carbonyl (C=O) groups excluding carboxylic acids is 1. The van der Waals surface area contributed by atoms with Gasteiger partial charge in [-0.25, -0.2) is 4.79 Å². The molecule has 0 aliphatic carbocycles. The summed E-state index contributed by atoms with van der Waals surface area (Å²) in [6, 6.07) is 9.55. The number of carbonyl (C=O) groups is 1. The zero-order valence-electron chi connectivity index (χ0n) is 18.5. The number of amides is 1. The van der Waals surface area contributed by atoms with Crippen LogP contribution in [-0.2, 0) is 25.6 Å². The molecule has 6 nitrogen and oxygen atoms in total. The molecular weight excluding hydrogens is 485 g/mol. The molecule has 0 saturated carbocycles. The standard InChI is InChI=1S/C22H36INO5/c1-21(2,3)16-28-19(12-23)27-15-18(24-20(25)29-22(4,5)6)14-26-13-17-10-8-7-9-11-17/h7-11,18-19H,12-16H2,1-6H3,(H,24,25)/t18-,19?/m0/s1. The predicted octanol–water partition coefficient (Wildman–Crippen LogP) is 4.94. The molecule has 0 spiro atoms. The maximum absolute atomic E-state index is 12.2. The first kappa shape index (κ1) is 26.1. The molecule has 1 amide bonds. The highest BCUT2D eigenvalue weighted by molar-refractivity contribution is 14.1. The van der Waals surface area contributed by atoms with Gasteiger partial charge in [-0.15, -0.1) is 0 Å². The first-order chi connectivity index (χ1) is 13.5. The second-order valence-electron chi connectivity index (χ2n) is 9.13. The van der Waals surface area contributed by atoms with Gasteiger partial charge in [0.2, 0.25) is 0 Å². The van der Waals surface area contributed by atoms with Crippen molar-refractivity contribution in [3.8, 4) is 0 Å². The molecule has 0 heterocycles. The third-order valence-electron chi connectivity index (χ3n) is 3.46.